The van der Waals surface area contributed by atoms with E-state index in [4.69, 9.17) is 11.6 Å². The third-order valence-corrected chi connectivity index (χ3v) is 4.13. The number of halogens is 1. The monoisotopic (exact) mass is 296 g/mol. The van der Waals surface area contributed by atoms with Gasteiger partial charge in [0.2, 0.25) is 0 Å². The zero-order chi connectivity index (χ0) is 14.9. The topological polar surface area (TPSA) is 20.2 Å². The Morgan fingerprint density at radius 1 is 0.905 bits per heavy atom. The van der Waals surface area contributed by atoms with Crippen molar-refractivity contribution in [3.05, 3.63) is 82.9 Å². The third kappa shape index (κ3) is 2.94. The van der Waals surface area contributed by atoms with Gasteiger partial charge in [0.15, 0.2) is 0 Å². The molecule has 106 valence electrons. The zero-order valence-electron chi connectivity index (χ0n) is 11.9. The Balaban J connectivity index is 1.99. The van der Waals surface area contributed by atoms with E-state index >= 15 is 0 Å². The number of aliphatic hydroxyl groups is 1. The van der Waals surface area contributed by atoms with Gasteiger partial charge < -0.3 is 5.11 Å². The molecule has 0 amide bonds. The fraction of sp³-hybridized carbons (Fsp3) is 0.158. The van der Waals surface area contributed by atoms with Crippen molar-refractivity contribution in [1.29, 1.82) is 0 Å². The minimum absolute atomic E-state index is 0.565. The molecule has 0 aliphatic heterocycles. The number of rotatable bonds is 3. The lowest BCUT2D eigenvalue weighted by Crippen LogP contribution is -2.24. The normalized spacial score (nSPS) is 14.0. The molecule has 0 bridgehead atoms. The Morgan fingerprint density at radius 3 is 2.33 bits per heavy atom. The molecule has 0 aromatic heterocycles. The van der Waals surface area contributed by atoms with Crippen LogP contribution in [0.5, 0.6) is 0 Å². The van der Waals surface area contributed by atoms with E-state index in [1.54, 1.807) is 0 Å². The van der Waals surface area contributed by atoms with Crippen LogP contribution in [-0.4, -0.2) is 5.11 Å². The summed E-state index contributed by atoms with van der Waals surface area (Å²) >= 11 is 5.92. The van der Waals surface area contributed by atoms with E-state index in [9.17, 15) is 5.11 Å². The lowest BCUT2D eigenvalue weighted by Gasteiger charge is -2.25. The number of hydrogen-bond donors (Lipinski definition) is 1. The fourth-order valence-electron chi connectivity index (χ4n) is 2.73. The summed E-state index contributed by atoms with van der Waals surface area (Å²) in [7, 11) is 0. The first-order valence-electron chi connectivity index (χ1n) is 7.01. The summed E-state index contributed by atoms with van der Waals surface area (Å²) in [4.78, 5) is 0. The molecule has 3 aromatic carbocycles. The maximum absolute atomic E-state index is 10.8. The van der Waals surface area contributed by atoms with Crippen LogP contribution in [0.4, 0.5) is 0 Å². The van der Waals surface area contributed by atoms with E-state index in [1.807, 2.05) is 49.4 Å². The molecule has 1 atom stereocenters. The summed E-state index contributed by atoms with van der Waals surface area (Å²) < 4.78 is 0. The van der Waals surface area contributed by atoms with Crippen molar-refractivity contribution in [2.24, 2.45) is 0 Å². The molecule has 0 spiro atoms. The van der Waals surface area contributed by atoms with Gasteiger partial charge in [0, 0.05) is 11.4 Å². The highest BCUT2D eigenvalue weighted by molar-refractivity contribution is 6.30. The van der Waals surface area contributed by atoms with E-state index in [1.165, 1.54) is 10.8 Å². The SMILES string of the molecule is CC(O)(Cc1cccc2ccccc12)c1ccc(Cl)cc1. The number of fused-ring (bicyclic) bond motifs is 1. The minimum Gasteiger partial charge on any atom is -0.385 e. The van der Waals surface area contributed by atoms with E-state index < -0.39 is 5.60 Å². The molecule has 0 radical (unpaired) electrons. The average molecular weight is 297 g/mol. The largest absolute Gasteiger partial charge is 0.385 e. The van der Waals surface area contributed by atoms with Crippen molar-refractivity contribution in [2.45, 2.75) is 18.9 Å². The van der Waals surface area contributed by atoms with Gasteiger partial charge in [-0.05, 0) is 41.0 Å². The molecule has 0 fully saturated rings. The second kappa shape index (κ2) is 5.51. The van der Waals surface area contributed by atoms with Crippen LogP contribution in [0.15, 0.2) is 66.7 Å². The average Bonchev–Trinajstić information content (AvgIpc) is 2.48. The number of hydrogen-bond acceptors (Lipinski definition) is 1. The second-order valence-corrected chi connectivity index (χ2v) is 6.03. The second-order valence-electron chi connectivity index (χ2n) is 5.60. The highest BCUT2D eigenvalue weighted by atomic mass is 35.5. The van der Waals surface area contributed by atoms with Crippen LogP contribution < -0.4 is 0 Å². The molecule has 3 aromatic rings. The third-order valence-electron chi connectivity index (χ3n) is 3.88. The smallest absolute Gasteiger partial charge is 0.0908 e. The summed E-state index contributed by atoms with van der Waals surface area (Å²) in [5.41, 5.74) is 1.10. The minimum atomic E-state index is -0.922. The molecule has 0 aliphatic carbocycles. The van der Waals surface area contributed by atoms with Crippen LogP contribution in [0.3, 0.4) is 0 Å². The van der Waals surface area contributed by atoms with Crippen LogP contribution >= 0.6 is 11.6 Å². The van der Waals surface area contributed by atoms with Crippen LogP contribution in [0.1, 0.15) is 18.1 Å². The Kier molecular flexibility index (Phi) is 3.71. The first-order chi connectivity index (χ1) is 10.1. The molecular weight excluding hydrogens is 280 g/mol. The van der Waals surface area contributed by atoms with Crippen molar-refractivity contribution in [3.63, 3.8) is 0 Å². The van der Waals surface area contributed by atoms with Gasteiger partial charge in [-0.3, -0.25) is 0 Å². The maximum atomic E-state index is 10.8. The Labute approximate surface area is 129 Å². The van der Waals surface area contributed by atoms with Gasteiger partial charge in [0.05, 0.1) is 5.60 Å². The van der Waals surface area contributed by atoms with Gasteiger partial charge in [0.25, 0.3) is 0 Å². The summed E-state index contributed by atoms with van der Waals surface area (Å²) in [6, 6.07) is 21.9. The molecule has 1 N–H and O–H groups in total. The standard InChI is InChI=1S/C19H17ClO/c1-19(21,16-9-11-17(20)12-10-16)13-15-7-4-6-14-5-2-3-8-18(14)15/h2-12,21H,13H2,1H3. The predicted molar refractivity (Wildman–Crippen MR) is 88.7 cm³/mol. The van der Waals surface area contributed by atoms with Gasteiger partial charge in [-0.15, -0.1) is 0 Å². The fourth-order valence-corrected chi connectivity index (χ4v) is 2.85. The highest BCUT2D eigenvalue weighted by Crippen LogP contribution is 2.29. The molecule has 1 unspecified atom stereocenters. The van der Waals surface area contributed by atoms with E-state index in [2.05, 4.69) is 24.3 Å². The maximum Gasteiger partial charge on any atom is 0.0908 e. The van der Waals surface area contributed by atoms with E-state index in [0.29, 0.717) is 11.4 Å². The van der Waals surface area contributed by atoms with Crippen molar-refractivity contribution >= 4 is 22.4 Å². The van der Waals surface area contributed by atoms with Crippen molar-refractivity contribution < 1.29 is 5.11 Å². The molecule has 2 heteroatoms. The molecule has 21 heavy (non-hydrogen) atoms. The molecular formula is C19H17ClO. The Hall–Kier alpha value is -1.83. The predicted octanol–water partition coefficient (Wildman–Crippen LogP) is 4.94. The van der Waals surface area contributed by atoms with E-state index in [-0.39, 0.29) is 0 Å². The van der Waals surface area contributed by atoms with Gasteiger partial charge in [-0.25, -0.2) is 0 Å². The molecule has 1 nitrogen and oxygen atoms in total. The molecule has 0 saturated carbocycles. The molecule has 0 aliphatic rings. The Morgan fingerprint density at radius 2 is 1.57 bits per heavy atom. The van der Waals surface area contributed by atoms with Gasteiger partial charge in [-0.2, -0.15) is 0 Å². The zero-order valence-corrected chi connectivity index (χ0v) is 12.6. The molecule has 3 rings (SSSR count). The quantitative estimate of drug-likeness (QED) is 0.725. The molecule has 0 heterocycles. The van der Waals surface area contributed by atoms with Crippen LogP contribution in [0, 0.1) is 0 Å². The highest BCUT2D eigenvalue weighted by Gasteiger charge is 2.24. The van der Waals surface area contributed by atoms with Crippen LogP contribution in [-0.2, 0) is 12.0 Å². The summed E-state index contributed by atoms with van der Waals surface area (Å²) in [5.74, 6) is 0. The van der Waals surface area contributed by atoms with Crippen molar-refractivity contribution in [1.82, 2.24) is 0 Å². The lowest BCUT2D eigenvalue weighted by atomic mass is 9.87. The first kappa shape index (κ1) is 14.1. The molecule has 0 saturated heterocycles. The van der Waals surface area contributed by atoms with Crippen LogP contribution in [0.2, 0.25) is 5.02 Å². The summed E-state index contributed by atoms with van der Waals surface area (Å²) in [5, 5.41) is 13.9. The lowest BCUT2D eigenvalue weighted by molar-refractivity contribution is 0.0580. The summed E-state index contributed by atoms with van der Waals surface area (Å²) in [6.07, 6.45) is 0.565. The number of benzene rings is 3. The summed E-state index contributed by atoms with van der Waals surface area (Å²) in [6.45, 7) is 1.85. The van der Waals surface area contributed by atoms with Crippen molar-refractivity contribution in [2.75, 3.05) is 0 Å². The van der Waals surface area contributed by atoms with Crippen molar-refractivity contribution in [3.8, 4) is 0 Å². The Bertz CT molecular complexity index is 755. The van der Waals surface area contributed by atoms with Gasteiger partial charge >= 0.3 is 0 Å². The van der Waals surface area contributed by atoms with Gasteiger partial charge in [0.1, 0.15) is 0 Å². The van der Waals surface area contributed by atoms with E-state index in [0.717, 1.165) is 11.1 Å². The van der Waals surface area contributed by atoms with Gasteiger partial charge in [-0.1, -0.05) is 66.2 Å². The first-order valence-corrected chi connectivity index (χ1v) is 7.39. The van der Waals surface area contributed by atoms with Crippen LogP contribution in [0.25, 0.3) is 10.8 Å².